The Bertz CT molecular complexity index is 1280. The zero-order valence-electron chi connectivity index (χ0n) is 17.9. The van der Waals surface area contributed by atoms with Gasteiger partial charge in [-0.25, -0.2) is 15.1 Å². The number of aromatic nitrogens is 2. The lowest BCUT2D eigenvalue weighted by Gasteiger charge is -2.15. The van der Waals surface area contributed by atoms with Gasteiger partial charge >= 0.3 is 10.3 Å². The van der Waals surface area contributed by atoms with Gasteiger partial charge in [-0.2, -0.15) is 8.42 Å². The van der Waals surface area contributed by atoms with E-state index in [1.807, 2.05) is 0 Å². The molecule has 1 fully saturated rings. The van der Waals surface area contributed by atoms with Crippen LogP contribution < -0.4 is 10.5 Å². The number of hydrogen-bond acceptors (Lipinski definition) is 9. The molecule has 1 aliphatic carbocycles. The molecule has 0 aliphatic heterocycles. The molecule has 2 aromatic heterocycles. The smallest absolute Gasteiger partial charge is 0.333 e. The number of carbonyl (C=O) groups is 1. The molecule has 180 valence electrons. The number of aliphatic hydroxyl groups is 1. The van der Waals surface area contributed by atoms with Crippen molar-refractivity contribution in [1.82, 2.24) is 9.97 Å². The van der Waals surface area contributed by atoms with Crippen LogP contribution >= 0.6 is 11.6 Å². The van der Waals surface area contributed by atoms with E-state index in [1.165, 1.54) is 24.9 Å². The Morgan fingerprint density at radius 1 is 1.32 bits per heavy atom. The van der Waals surface area contributed by atoms with Crippen LogP contribution in [-0.4, -0.2) is 41.9 Å². The van der Waals surface area contributed by atoms with E-state index < -0.39 is 22.2 Å². The minimum absolute atomic E-state index is 0.0106. The summed E-state index contributed by atoms with van der Waals surface area (Å²) in [6.07, 6.45) is 5.14. The number of benzene rings is 1. The van der Waals surface area contributed by atoms with Gasteiger partial charge in [0.25, 0.3) is 0 Å². The van der Waals surface area contributed by atoms with E-state index in [0.29, 0.717) is 28.4 Å². The van der Waals surface area contributed by atoms with Gasteiger partial charge in [-0.15, -0.1) is 0 Å². The van der Waals surface area contributed by atoms with Crippen molar-refractivity contribution in [3.63, 3.8) is 0 Å². The van der Waals surface area contributed by atoms with E-state index in [1.54, 1.807) is 24.3 Å². The van der Waals surface area contributed by atoms with Gasteiger partial charge in [0, 0.05) is 22.8 Å². The summed E-state index contributed by atoms with van der Waals surface area (Å²) in [5.41, 5.74) is 1.19. The summed E-state index contributed by atoms with van der Waals surface area (Å²) < 4.78 is 32.2. The molecule has 0 spiro atoms. The van der Waals surface area contributed by atoms with Crippen LogP contribution in [0.1, 0.15) is 52.6 Å². The molecule has 4 rings (SSSR count). The zero-order chi connectivity index (χ0) is 24.3. The number of furan rings is 1. The second-order valence-corrected chi connectivity index (χ2v) is 9.77. The topological polar surface area (TPSA) is 158 Å². The Balaban J connectivity index is 1.45. The molecular weight excluding hydrogens is 484 g/mol. The van der Waals surface area contributed by atoms with Crippen molar-refractivity contribution in [2.45, 2.75) is 31.4 Å². The summed E-state index contributed by atoms with van der Waals surface area (Å²) in [6, 6.07) is 8.22. The number of hydrogen-bond donors (Lipinski definition) is 3. The first-order valence-corrected chi connectivity index (χ1v) is 12.3. The van der Waals surface area contributed by atoms with Crippen LogP contribution in [0.15, 0.2) is 53.5 Å². The normalized spacial score (nSPS) is 19.1. The number of nitrogens with two attached hydrogens (primary N) is 1. The number of rotatable bonds is 9. The molecule has 0 bridgehead atoms. The lowest BCUT2D eigenvalue weighted by atomic mass is 10.0. The summed E-state index contributed by atoms with van der Waals surface area (Å²) in [5.74, 6) is -0.0664. The standard InChI is InChI=1S/C22H23ClN4O6S/c23-16-3-1-2-14(7-16)20(28)15-8-19(32-11-15)21(29)18-9-25-12-26-22(18)27-17-5-4-13(6-17)10-33-34(24,30)31/h1-3,7-9,11-13,17,20,28H,4-6,10H2,(H2,24,30,31)(H,25,26,27)/t13-,17+,20?/m1/s1. The quantitative estimate of drug-likeness (QED) is 0.371. The average molecular weight is 507 g/mol. The monoisotopic (exact) mass is 506 g/mol. The van der Waals surface area contributed by atoms with Gasteiger partial charge in [-0.05, 0) is 48.9 Å². The van der Waals surface area contributed by atoms with Gasteiger partial charge in [-0.1, -0.05) is 23.7 Å². The molecule has 1 unspecified atom stereocenters. The first kappa shape index (κ1) is 24.3. The average Bonchev–Trinajstić information content (AvgIpc) is 3.47. The highest BCUT2D eigenvalue weighted by Gasteiger charge is 2.28. The van der Waals surface area contributed by atoms with Crippen LogP contribution in [0.25, 0.3) is 0 Å². The third-order valence-electron chi connectivity index (χ3n) is 5.63. The summed E-state index contributed by atoms with van der Waals surface area (Å²) in [7, 11) is -3.98. The molecule has 3 aromatic rings. The number of carbonyl (C=O) groups excluding carboxylic acids is 1. The fourth-order valence-corrected chi connectivity index (χ4v) is 4.55. The molecule has 0 amide bonds. The predicted molar refractivity (Wildman–Crippen MR) is 123 cm³/mol. The summed E-state index contributed by atoms with van der Waals surface area (Å²) in [6.45, 7) is 0.0106. The molecule has 1 aromatic carbocycles. The van der Waals surface area contributed by atoms with E-state index >= 15 is 0 Å². The molecule has 0 saturated heterocycles. The van der Waals surface area contributed by atoms with Gasteiger partial charge in [0.05, 0.1) is 18.4 Å². The van der Waals surface area contributed by atoms with Crippen molar-refractivity contribution in [3.05, 3.63) is 76.6 Å². The molecule has 3 atom stereocenters. The summed E-state index contributed by atoms with van der Waals surface area (Å²) in [5, 5.41) is 19.2. The molecule has 2 heterocycles. The first-order chi connectivity index (χ1) is 16.2. The van der Waals surface area contributed by atoms with E-state index in [-0.39, 0.29) is 29.9 Å². The van der Waals surface area contributed by atoms with E-state index in [4.69, 9.17) is 25.3 Å². The second-order valence-electron chi connectivity index (χ2n) is 8.11. The van der Waals surface area contributed by atoms with Crippen molar-refractivity contribution in [1.29, 1.82) is 0 Å². The fourth-order valence-electron chi connectivity index (χ4n) is 3.97. The Labute approximate surface area is 201 Å². The van der Waals surface area contributed by atoms with E-state index in [0.717, 1.165) is 12.8 Å². The van der Waals surface area contributed by atoms with Gasteiger partial charge in [-0.3, -0.25) is 8.98 Å². The molecule has 1 saturated carbocycles. The van der Waals surface area contributed by atoms with Crippen molar-refractivity contribution >= 4 is 33.5 Å². The van der Waals surface area contributed by atoms with Crippen LogP contribution in [0, 0.1) is 5.92 Å². The van der Waals surface area contributed by atoms with E-state index in [2.05, 4.69) is 15.3 Å². The number of nitrogens with zero attached hydrogens (tertiary/aromatic N) is 2. The largest absolute Gasteiger partial charge is 0.460 e. The Hall–Kier alpha value is -2.83. The maximum Gasteiger partial charge on any atom is 0.333 e. The Morgan fingerprint density at radius 3 is 2.91 bits per heavy atom. The van der Waals surface area contributed by atoms with Crippen LogP contribution in [0.5, 0.6) is 0 Å². The maximum atomic E-state index is 13.1. The highest BCUT2D eigenvalue weighted by Crippen LogP contribution is 2.30. The van der Waals surface area contributed by atoms with Gasteiger partial charge < -0.3 is 14.8 Å². The lowest BCUT2D eigenvalue weighted by molar-refractivity contribution is 0.101. The van der Waals surface area contributed by atoms with Gasteiger partial charge in [0.2, 0.25) is 5.78 Å². The third-order valence-corrected chi connectivity index (χ3v) is 6.33. The molecule has 12 heteroatoms. The SMILES string of the molecule is NS(=O)(=O)OC[C@@H]1CC[C@H](Nc2ncncc2C(=O)c2cc(C(O)c3cccc(Cl)c3)co2)C1. The number of ketones is 1. The molecule has 10 nitrogen and oxygen atoms in total. The van der Waals surface area contributed by atoms with Crippen LogP contribution in [0.3, 0.4) is 0 Å². The minimum Gasteiger partial charge on any atom is -0.460 e. The fraction of sp³-hybridized carbons (Fsp3) is 0.318. The van der Waals surface area contributed by atoms with Crippen molar-refractivity contribution < 1.29 is 26.9 Å². The van der Waals surface area contributed by atoms with E-state index in [9.17, 15) is 18.3 Å². The number of halogens is 1. The number of nitrogens with one attached hydrogen (secondary N) is 1. The Kier molecular flexibility index (Phi) is 7.29. The molecule has 34 heavy (non-hydrogen) atoms. The second kappa shape index (κ2) is 10.2. The minimum atomic E-state index is -3.98. The summed E-state index contributed by atoms with van der Waals surface area (Å²) >= 11 is 6.00. The maximum absolute atomic E-state index is 13.1. The number of anilines is 1. The van der Waals surface area contributed by atoms with Crippen LogP contribution in [0.2, 0.25) is 5.02 Å². The highest BCUT2D eigenvalue weighted by atomic mass is 35.5. The van der Waals surface area contributed by atoms with Gasteiger partial charge in [0.1, 0.15) is 18.2 Å². The lowest BCUT2D eigenvalue weighted by Crippen LogP contribution is -2.22. The van der Waals surface area contributed by atoms with Gasteiger partial charge in [0.15, 0.2) is 5.76 Å². The van der Waals surface area contributed by atoms with Crippen LogP contribution in [0.4, 0.5) is 5.82 Å². The molecule has 4 N–H and O–H groups in total. The molecular formula is C22H23ClN4O6S. The first-order valence-electron chi connectivity index (χ1n) is 10.5. The third kappa shape index (κ3) is 5.99. The number of aliphatic hydroxyl groups excluding tert-OH is 1. The van der Waals surface area contributed by atoms with Crippen LogP contribution in [-0.2, 0) is 14.5 Å². The zero-order valence-corrected chi connectivity index (χ0v) is 19.5. The summed E-state index contributed by atoms with van der Waals surface area (Å²) in [4.78, 5) is 21.3. The van der Waals surface area contributed by atoms with Crippen molar-refractivity contribution in [2.75, 3.05) is 11.9 Å². The van der Waals surface area contributed by atoms with Crippen molar-refractivity contribution in [3.8, 4) is 0 Å². The molecule has 0 radical (unpaired) electrons. The molecule has 1 aliphatic rings. The Morgan fingerprint density at radius 2 is 2.15 bits per heavy atom. The highest BCUT2D eigenvalue weighted by molar-refractivity contribution is 7.84. The van der Waals surface area contributed by atoms with Crippen molar-refractivity contribution in [2.24, 2.45) is 11.1 Å². The predicted octanol–water partition coefficient (Wildman–Crippen LogP) is 2.84.